The van der Waals surface area contributed by atoms with Gasteiger partial charge in [0.2, 0.25) is 0 Å². The van der Waals surface area contributed by atoms with Gasteiger partial charge in [-0.25, -0.2) is 9.83 Å². The first-order chi connectivity index (χ1) is 17.1. The molecule has 1 saturated carbocycles. The van der Waals surface area contributed by atoms with Crippen molar-refractivity contribution in [1.82, 2.24) is 19.7 Å². The molecule has 1 aliphatic carbocycles. The van der Waals surface area contributed by atoms with E-state index in [1.807, 2.05) is 41.9 Å². The third kappa shape index (κ3) is 3.66. The highest BCUT2D eigenvalue weighted by Gasteiger charge is 2.32. The Morgan fingerprint density at radius 2 is 1.94 bits per heavy atom. The number of carbonyl (C=O) groups excluding carboxylic acids is 1. The van der Waals surface area contributed by atoms with Crippen LogP contribution in [0.1, 0.15) is 45.9 Å². The highest BCUT2D eigenvalue weighted by atomic mass is 16.3. The number of fused-ring (bicyclic) bond motifs is 1. The summed E-state index contributed by atoms with van der Waals surface area (Å²) in [6, 6.07) is 15.1. The number of carbonyl (C=O) groups is 1. The molecule has 0 atom stereocenters. The van der Waals surface area contributed by atoms with Crippen LogP contribution >= 0.6 is 0 Å². The van der Waals surface area contributed by atoms with Crippen LogP contribution < -0.4 is 4.90 Å². The van der Waals surface area contributed by atoms with E-state index in [2.05, 4.69) is 21.1 Å². The molecule has 3 heterocycles. The lowest BCUT2D eigenvalue weighted by Crippen LogP contribution is -2.24. The molecule has 2 aromatic heterocycles. The average Bonchev–Trinajstić information content (AvgIpc) is 3.58. The zero-order valence-corrected chi connectivity index (χ0v) is 19.1. The molecule has 0 bridgehead atoms. The Hall–Kier alpha value is -4.35. The van der Waals surface area contributed by atoms with E-state index in [1.165, 1.54) is 0 Å². The Labute approximate surface area is 202 Å². The lowest BCUT2D eigenvalue weighted by atomic mass is 9.97. The highest BCUT2D eigenvalue weighted by molar-refractivity contribution is 6.10. The van der Waals surface area contributed by atoms with Crippen molar-refractivity contribution < 1.29 is 9.90 Å². The van der Waals surface area contributed by atoms with Crippen LogP contribution in [0.4, 0.5) is 11.5 Å². The van der Waals surface area contributed by atoms with Crippen LogP contribution in [0.3, 0.4) is 0 Å². The van der Waals surface area contributed by atoms with Crippen LogP contribution in [0.15, 0.2) is 54.9 Å². The highest BCUT2D eigenvalue weighted by Crippen LogP contribution is 2.43. The van der Waals surface area contributed by atoms with Gasteiger partial charge in [-0.3, -0.25) is 9.69 Å². The summed E-state index contributed by atoms with van der Waals surface area (Å²) in [5.41, 5.74) is 6.38. The Kier molecular flexibility index (Phi) is 4.94. The Balaban J connectivity index is 1.49. The number of hydrogen-bond acceptors (Lipinski definition) is 5. The number of amides is 1. The summed E-state index contributed by atoms with van der Waals surface area (Å²) >= 11 is 0. The second-order valence-electron chi connectivity index (χ2n) is 9.06. The predicted octanol–water partition coefficient (Wildman–Crippen LogP) is 4.62. The van der Waals surface area contributed by atoms with Gasteiger partial charge in [0.1, 0.15) is 12.1 Å². The summed E-state index contributed by atoms with van der Waals surface area (Å²) in [7, 11) is 1.87. The van der Waals surface area contributed by atoms with Crippen molar-refractivity contribution in [3.8, 4) is 22.5 Å². The van der Waals surface area contributed by atoms with Crippen molar-refractivity contribution in [1.29, 1.82) is 0 Å². The van der Waals surface area contributed by atoms with E-state index in [0.29, 0.717) is 40.9 Å². The minimum absolute atomic E-state index is 0.106. The fourth-order valence-electron chi connectivity index (χ4n) is 4.62. The van der Waals surface area contributed by atoms with Gasteiger partial charge in [0.05, 0.1) is 19.7 Å². The Morgan fingerprint density at radius 1 is 1.09 bits per heavy atom. The Bertz CT molecular complexity index is 1530. The molecule has 8 heteroatoms. The number of rotatable bonds is 5. The molecule has 4 aromatic rings. The maximum absolute atomic E-state index is 13.3. The second kappa shape index (κ2) is 8.15. The minimum atomic E-state index is -0.112. The van der Waals surface area contributed by atoms with Gasteiger partial charge in [0, 0.05) is 29.8 Å². The van der Waals surface area contributed by atoms with Gasteiger partial charge in [-0.2, -0.15) is 0 Å². The second-order valence-corrected chi connectivity index (χ2v) is 9.06. The van der Waals surface area contributed by atoms with Crippen molar-refractivity contribution in [2.45, 2.75) is 31.9 Å². The maximum Gasteiger partial charge on any atom is 0.260 e. The maximum atomic E-state index is 13.3. The van der Waals surface area contributed by atoms with E-state index < -0.39 is 0 Å². The van der Waals surface area contributed by atoms with Gasteiger partial charge >= 0.3 is 0 Å². The van der Waals surface area contributed by atoms with Crippen LogP contribution in [0.2, 0.25) is 0 Å². The molecule has 1 fully saturated rings. The molecule has 0 spiro atoms. The largest absolute Gasteiger partial charge is 0.392 e. The number of anilines is 1. The number of aromatic nitrogens is 4. The van der Waals surface area contributed by atoms with E-state index in [9.17, 15) is 9.90 Å². The Morgan fingerprint density at radius 3 is 2.66 bits per heavy atom. The van der Waals surface area contributed by atoms with E-state index in [0.717, 1.165) is 40.8 Å². The molecule has 2 aromatic carbocycles. The molecule has 1 N–H and O–H groups in total. The van der Waals surface area contributed by atoms with Crippen LogP contribution in [0.25, 0.3) is 27.4 Å². The predicted molar refractivity (Wildman–Crippen MR) is 131 cm³/mol. The van der Waals surface area contributed by atoms with E-state index in [1.54, 1.807) is 23.4 Å². The molecular weight excluding hydrogens is 440 g/mol. The third-order valence-electron chi connectivity index (χ3n) is 6.66. The molecule has 0 unspecified atom stereocenters. The average molecular weight is 463 g/mol. The van der Waals surface area contributed by atoms with Crippen molar-refractivity contribution in [3.05, 3.63) is 88.7 Å². The minimum Gasteiger partial charge on any atom is -0.392 e. The fraction of sp³-hybridized carbons (Fsp3) is 0.222. The first-order valence-corrected chi connectivity index (χ1v) is 11.5. The molecule has 35 heavy (non-hydrogen) atoms. The SMILES string of the molecule is [C-]#[N+]c1ccc(-c2cc(C3CC3)nc(N3Cc4ccc(CO)cc4C3=O)c2)c(-c2nncn2C)c1. The summed E-state index contributed by atoms with van der Waals surface area (Å²) in [4.78, 5) is 23.5. The summed E-state index contributed by atoms with van der Waals surface area (Å²) in [5.74, 6) is 1.54. The number of aryl methyl sites for hydroxylation is 1. The summed E-state index contributed by atoms with van der Waals surface area (Å²) in [6.07, 6.45) is 3.80. The van der Waals surface area contributed by atoms with Crippen LogP contribution in [0, 0.1) is 6.57 Å². The fourth-order valence-corrected chi connectivity index (χ4v) is 4.62. The number of hydrogen-bond donors (Lipinski definition) is 1. The number of benzene rings is 2. The summed E-state index contributed by atoms with van der Waals surface area (Å²) < 4.78 is 1.83. The molecule has 2 aliphatic rings. The van der Waals surface area contributed by atoms with Gasteiger partial charge in [-0.15, -0.1) is 10.2 Å². The van der Waals surface area contributed by atoms with E-state index >= 15 is 0 Å². The zero-order valence-electron chi connectivity index (χ0n) is 19.1. The number of aliphatic hydroxyl groups is 1. The lowest BCUT2D eigenvalue weighted by molar-refractivity contribution is 0.0995. The van der Waals surface area contributed by atoms with Gasteiger partial charge in [-0.05, 0) is 59.4 Å². The van der Waals surface area contributed by atoms with Gasteiger partial charge < -0.3 is 9.67 Å². The molecule has 1 amide bonds. The van der Waals surface area contributed by atoms with Gasteiger partial charge in [0.15, 0.2) is 11.5 Å². The summed E-state index contributed by atoms with van der Waals surface area (Å²) in [5, 5.41) is 17.8. The topological polar surface area (TPSA) is 88.5 Å². The van der Waals surface area contributed by atoms with Crippen LogP contribution in [-0.2, 0) is 20.2 Å². The van der Waals surface area contributed by atoms with Gasteiger partial charge in [0.25, 0.3) is 5.91 Å². The summed E-state index contributed by atoms with van der Waals surface area (Å²) in [6.45, 7) is 7.80. The molecular formula is C27H22N6O2. The molecule has 0 saturated heterocycles. The van der Waals surface area contributed by atoms with Crippen LogP contribution in [-0.4, -0.2) is 30.8 Å². The molecule has 172 valence electrons. The van der Waals surface area contributed by atoms with Crippen molar-refractivity contribution >= 4 is 17.4 Å². The third-order valence-corrected chi connectivity index (χ3v) is 6.66. The van der Waals surface area contributed by atoms with Gasteiger partial charge in [-0.1, -0.05) is 24.3 Å². The molecule has 0 radical (unpaired) electrons. The normalized spacial score (nSPS) is 14.8. The smallest absolute Gasteiger partial charge is 0.260 e. The quantitative estimate of drug-likeness (QED) is 0.437. The van der Waals surface area contributed by atoms with Crippen LogP contribution in [0.5, 0.6) is 0 Å². The number of aliphatic hydroxyl groups excluding tert-OH is 1. The van der Waals surface area contributed by atoms with Crippen molar-refractivity contribution in [3.63, 3.8) is 0 Å². The van der Waals surface area contributed by atoms with E-state index in [-0.39, 0.29) is 12.5 Å². The lowest BCUT2D eigenvalue weighted by Gasteiger charge is -2.18. The first-order valence-electron chi connectivity index (χ1n) is 11.5. The first kappa shape index (κ1) is 21.2. The van der Waals surface area contributed by atoms with Crippen molar-refractivity contribution in [2.75, 3.05) is 4.90 Å². The zero-order chi connectivity index (χ0) is 24.1. The standard InChI is InChI=1S/C27H22N6O2/c1-28-20-7-8-21(23(12-20)26-31-29-15-32(26)2)19-10-24(17-5-6-17)30-25(11-19)33-13-18-4-3-16(14-34)9-22(18)27(33)35/h3-4,7-12,15,17,34H,5-6,13-14H2,2H3. The molecule has 6 rings (SSSR count). The molecule has 8 nitrogen and oxygen atoms in total. The number of pyridine rings is 1. The van der Waals surface area contributed by atoms with E-state index in [4.69, 9.17) is 11.6 Å². The monoisotopic (exact) mass is 462 g/mol. The molecule has 1 aliphatic heterocycles. The number of nitrogens with zero attached hydrogens (tertiary/aromatic N) is 6. The van der Waals surface area contributed by atoms with Crippen molar-refractivity contribution in [2.24, 2.45) is 7.05 Å².